The first-order chi connectivity index (χ1) is 8.82. The van der Waals surface area contributed by atoms with Crippen LogP contribution < -0.4 is 0 Å². The van der Waals surface area contributed by atoms with Gasteiger partial charge in [0.1, 0.15) is 16.5 Å². The number of nitrogens with zero attached hydrogens (tertiary/aromatic N) is 1. The van der Waals surface area contributed by atoms with Crippen LogP contribution in [0.25, 0.3) is 0 Å². The van der Waals surface area contributed by atoms with Crippen LogP contribution in [-0.2, 0) is 10.0 Å². The van der Waals surface area contributed by atoms with Crippen molar-refractivity contribution in [1.29, 1.82) is 0 Å². The van der Waals surface area contributed by atoms with Crippen molar-refractivity contribution in [3.63, 3.8) is 0 Å². The van der Waals surface area contributed by atoms with E-state index in [0.717, 1.165) is 18.2 Å². The Morgan fingerprint density at radius 2 is 2.05 bits per heavy atom. The van der Waals surface area contributed by atoms with E-state index in [9.17, 15) is 17.2 Å². The topological polar surface area (TPSA) is 37.4 Å². The van der Waals surface area contributed by atoms with Crippen LogP contribution in [0.4, 0.5) is 8.78 Å². The summed E-state index contributed by atoms with van der Waals surface area (Å²) >= 11 is 3.42. The Morgan fingerprint density at radius 3 is 2.68 bits per heavy atom. The molecule has 1 aromatic rings. The van der Waals surface area contributed by atoms with Crippen LogP contribution >= 0.6 is 15.9 Å². The fraction of sp³-hybridized carbons (Fsp3) is 0.500. The molecule has 106 valence electrons. The average Bonchev–Trinajstić information content (AvgIpc) is 2.35. The predicted octanol–water partition coefficient (Wildman–Crippen LogP) is 2.76. The van der Waals surface area contributed by atoms with Gasteiger partial charge in [-0.1, -0.05) is 22.9 Å². The molecule has 2 atom stereocenters. The smallest absolute Gasteiger partial charge is 0.207 e. The molecule has 0 aromatic heterocycles. The Hall–Kier alpha value is -0.530. The monoisotopic (exact) mass is 353 g/mol. The zero-order valence-electron chi connectivity index (χ0n) is 10.3. The largest absolute Gasteiger partial charge is 0.246 e. The van der Waals surface area contributed by atoms with Gasteiger partial charge in [0.05, 0.1) is 0 Å². The minimum Gasteiger partial charge on any atom is -0.207 e. The van der Waals surface area contributed by atoms with E-state index in [1.54, 1.807) is 0 Å². The molecular formula is C12H14BrF2NO2S. The normalized spacial score (nSPS) is 25.5. The molecule has 0 radical (unpaired) electrons. The van der Waals surface area contributed by atoms with Gasteiger partial charge in [0.2, 0.25) is 10.0 Å². The summed E-state index contributed by atoms with van der Waals surface area (Å²) in [6.45, 7) is 2.60. The lowest BCUT2D eigenvalue weighted by molar-refractivity contribution is 0.299. The van der Waals surface area contributed by atoms with E-state index in [1.165, 1.54) is 4.31 Å². The molecule has 7 heteroatoms. The highest BCUT2D eigenvalue weighted by atomic mass is 79.9. The summed E-state index contributed by atoms with van der Waals surface area (Å²) in [4.78, 5) is -0.575. The van der Waals surface area contributed by atoms with Crippen molar-refractivity contribution in [1.82, 2.24) is 4.31 Å². The third kappa shape index (κ3) is 2.98. The summed E-state index contributed by atoms with van der Waals surface area (Å²) in [5.74, 6) is -1.34. The second kappa shape index (κ2) is 5.46. The highest BCUT2D eigenvalue weighted by Gasteiger charge is 2.34. The molecule has 0 saturated carbocycles. The molecule has 0 N–H and O–H groups in total. The molecule has 2 unspecified atom stereocenters. The SMILES string of the molecule is CC1CCN(S(=O)(=O)c2cc(F)ccc2F)CC1Br. The fourth-order valence-electron chi connectivity index (χ4n) is 2.03. The first-order valence-electron chi connectivity index (χ1n) is 5.91. The number of hydrogen-bond donors (Lipinski definition) is 0. The minimum atomic E-state index is -3.98. The van der Waals surface area contributed by atoms with Crippen molar-refractivity contribution in [2.24, 2.45) is 5.92 Å². The number of benzene rings is 1. The van der Waals surface area contributed by atoms with Gasteiger partial charge < -0.3 is 0 Å². The van der Waals surface area contributed by atoms with Gasteiger partial charge in [0.25, 0.3) is 0 Å². The molecule has 1 heterocycles. The highest BCUT2D eigenvalue weighted by Crippen LogP contribution is 2.28. The maximum atomic E-state index is 13.6. The van der Waals surface area contributed by atoms with Gasteiger partial charge in [-0.3, -0.25) is 0 Å². The fourth-order valence-corrected chi connectivity index (χ4v) is 4.39. The number of alkyl halides is 1. The van der Waals surface area contributed by atoms with Crippen molar-refractivity contribution in [3.8, 4) is 0 Å². The van der Waals surface area contributed by atoms with E-state index in [4.69, 9.17) is 0 Å². The van der Waals surface area contributed by atoms with Gasteiger partial charge in [-0.25, -0.2) is 17.2 Å². The average molecular weight is 354 g/mol. The molecule has 1 aliphatic heterocycles. The molecular weight excluding hydrogens is 340 g/mol. The Bertz CT molecular complexity index is 579. The number of halogens is 3. The summed E-state index contributed by atoms with van der Waals surface area (Å²) in [5.41, 5.74) is 0. The van der Waals surface area contributed by atoms with Crippen molar-refractivity contribution >= 4 is 26.0 Å². The molecule has 1 aliphatic rings. The second-order valence-corrected chi connectivity index (χ2v) is 7.80. The predicted molar refractivity (Wildman–Crippen MR) is 71.6 cm³/mol. The van der Waals surface area contributed by atoms with E-state index in [2.05, 4.69) is 15.9 Å². The summed E-state index contributed by atoms with van der Waals surface area (Å²) in [6.07, 6.45) is 0.687. The zero-order valence-corrected chi connectivity index (χ0v) is 12.7. The van der Waals surface area contributed by atoms with Crippen molar-refractivity contribution in [2.75, 3.05) is 13.1 Å². The zero-order chi connectivity index (χ0) is 14.2. The lowest BCUT2D eigenvalue weighted by atomic mass is 10.0. The van der Waals surface area contributed by atoms with Crippen molar-refractivity contribution < 1.29 is 17.2 Å². The van der Waals surface area contributed by atoms with Gasteiger partial charge in [0.15, 0.2) is 0 Å². The molecule has 1 saturated heterocycles. The molecule has 1 aromatic carbocycles. The number of rotatable bonds is 2. The summed E-state index contributed by atoms with van der Waals surface area (Å²) in [6, 6.07) is 2.46. The van der Waals surface area contributed by atoms with Crippen LogP contribution in [0, 0.1) is 17.6 Å². The lowest BCUT2D eigenvalue weighted by Crippen LogP contribution is -2.43. The summed E-state index contributed by atoms with van der Waals surface area (Å²) < 4.78 is 52.6. The third-order valence-corrected chi connectivity index (χ3v) is 6.41. The first-order valence-corrected chi connectivity index (χ1v) is 8.27. The van der Waals surface area contributed by atoms with Crippen LogP contribution in [0.3, 0.4) is 0 Å². The Morgan fingerprint density at radius 1 is 1.37 bits per heavy atom. The lowest BCUT2D eigenvalue weighted by Gasteiger charge is -2.33. The Balaban J connectivity index is 2.35. The van der Waals surface area contributed by atoms with Gasteiger partial charge in [-0.05, 0) is 30.5 Å². The molecule has 2 rings (SSSR count). The molecule has 3 nitrogen and oxygen atoms in total. The van der Waals surface area contributed by atoms with Crippen LogP contribution in [-0.4, -0.2) is 30.6 Å². The highest BCUT2D eigenvalue weighted by molar-refractivity contribution is 9.09. The standard InChI is InChI=1S/C12H14BrF2NO2S/c1-8-4-5-16(7-10(8)13)19(17,18)12-6-9(14)2-3-11(12)15/h2-3,6,8,10H,4-5,7H2,1H3. The molecule has 0 aliphatic carbocycles. The van der Waals surface area contributed by atoms with Crippen molar-refractivity contribution in [2.45, 2.75) is 23.1 Å². The van der Waals surface area contributed by atoms with Crippen LogP contribution in [0.15, 0.2) is 23.1 Å². The van der Waals surface area contributed by atoms with E-state index in [1.807, 2.05) is 6.92 Å². The van der Waals surface area contributed by atoms with Gasteiger partial charge in [0, 0.05) is 17.9 Å². The van der Waals surface area contributed by atoms with Gasteiger partial charge in [-0.2, -0.15) is 4.31 Å². The van der Waals surface area contributed by atoms with E-state index in [0.29, 0.717) is 18.9 Å². The van der Waals surface area contributed by atoms with Gasteiger partial charge >= 0.3 is 0 Å². The summed E-state index contributed by atoms with van der Waals surface area (Å²) in [7, 11) is -3.98. The van der Waals surface area contributed by atoms with Crippen LogP contribution in [0.2, 0.25) is 0 Å². The number of piperidine rings is 1. The first kappa shape index (κ1) is 14.9. The molecule has 19 heavy (non-hydrogen) atoms. The number of hydrogen-bond acceptors (Lipinski definition) is 2. The maximum Gasteiger partial charge on any atom is 0.246 e. The molecule has 0 spiro atoms. The quantitative estimate of drug-likeness (QED) is 0.766. The minimum absolute atomic E-state index is 0.0210. The molecule has 0 amide bonds. The Kier molecular flexibility index (Phi) is 4.27. The third-order valence-electron chi connectivity index (χ3n) is 3.34. The van der Waals surface area contributed by atoms with Crippen LogP contribution in [0.5, 0.6) is 0 Å². The van der Waals surface area contributed by atoms with E-state index >= 15 is 0 Å². The van der Waals surface area contributed by atoms with E-state index < -0.39 is 26.6 Å². The van der Waals surface area contributed by atoms with Gasteiger partial charge in [-0.15, -0.1) is 0 Å². The maximum absolute atomic E-state index is 13.6. The summed E-state index contributed by atoms with van der Waals surface area (Å²) in [5, 5.41) is 0. The number of sulfonamides is 1. The van der Waals surface area contributed by atoms with E-state index in [-0.39, 0.29) is 11.4 Å². The Labute approximate surface area is 119 Å². The van der Waals surface area contributed by atoms with Crippen LogP contribution in [0.1, 0.15) is 13.3 Å². The second-order valence-electron chi connectivity index (χ2n) is 4.72. The van der Waals surface area contributed by atoms with Crippen molar-refractivity contribution in [3.05, 3.63) is 29.8 Å². The molecule has 0 bridgehead atoms. The molecule has 1 fully saturated rings.